The molecule has 0 aliphatic heterocycles. The maximum Gasteiger partial charge on any atom is 0.163 e. The molecule has 186 valence electrons. The first-order valence-electron chi connectivity index (χ1n) is 12.3. The zero-order valence-corrected chi connectivity index (χ0v) is 20.6. The molecule has 0 amide bonds. The lowest BCUT2D eigenvalue weighted by atomic mass is 9.76. The highest BCUT2D eigenvalue weighted by Crippen LogP contribution is 2.38. The molecule has 1 N–H and O–H groups in total. The van der Waals surface area contributed by atoms with Crippen molar-refractivity contribution >= 4 is 16.7 Å². The number of fused-ring (bicyclic) bond motifs is 1. The lowest BCUT2D eigenvalue weighted by molar-refractivity contribution is -0.0362. The average Bonchev–Trinajstić information content (AvgIpc) is 3.20. The van der Waals surface area contributed by atoms with Gasteiger partial charge >= 0.3 is 0 Å². The molecule has 2 heterocycles. The van der Waals surface area contributed by atoms with E-state index in [4.69, 9.17) is 9.84 Å². The van der Waals surface area contributed by atoms with E-state index in [9.17, 15) is 14.3 Å². The summed E-state index contributed by atoms with van der Waals surface area (Å²) >= 11 is 0. The van der Waals surface area contributed by atoms with Crippen molar-refractivity contribution in [2.45, 2.75) is 44.6 Å². The van der Waals surface area contributed by atoms with E-state index >= 15 is 0 Å². The Morgan fingerprint density at radius 2 is 2.08 bits per heavy atom. The van der Waals surface area contributed by atoms with E-state index in [0.717, 1.165) is 40.7 Å². The summed E-state index contributed by atoms with van der Waals surface area (Å²) in [7, 11) is 1.90. The van der Waals surface area contributed by atoms with Crippen molar-refractivity contribution in [3.63, 3.8) is 0 Å². The highest BCUT2D eigenvalue weighted by atomic mass is 19.1. The molecule has 2 unspecified atom stereocenters. The van der Waals surface area contributed by atoms with Gasteiger partial charge in [0.1, 0.15) is 22.9 Å². The SMILES string of the molecule is Cc1cc(-c2nn(C)c3ccc(C(=O)CC4CCCC(CO)(Oc5cccc(F)c5)C4)cc23)ccn1. The predicted octanol–water partition coefficient (Wildman–Crippen LogP) is 5.66. The van der Waals surface area contributed by atoms with Gasteiger partial charge in [0.2, 0.25) is 0 Å². The highest BCUT2D eigenvalue weighted by Gasteiger charge is 2.39. The van der Waals surface area contributed by atoms with Crippen molar-refractivity contribution in [3.05, 3.63) is 77.9 Å². The Balaban J connectivity index is 1.36. The Kier molecular flexibility index (Phi) is 6.58. The topological polar surface area (TPSA) is 77.2 Å². The van der Waals surface area contributed by atoms with Crippen LogP contribution in [0.4, 0.5) is 4.39 Å². The van der Waals surface area contributed by atoms with Crippen molar-refractivity contribution < 1.29 is 19.0 Å². The molecule has 6 nitrogen and oxygen atoms in total. The van der Waals surface area contributed by atoms with Gasteiger partial charge in [-0.25, -0.2) is 4.39 Å². The molecule has 0 bridgehead atoms. The molecule has 0 saturated heterocycles. The molecule has 5 rings (SSSR count). The summed E-state index contributed by atoms with van der Waals surface area (Å²) in [6, 6.07) is 15.6. The Hall–Kier alpha value is -3.58. The summed E-state index contributed by atoms with van der Waals surface area (Å²) in [5.74, 6) is 0.146. The van der Waals surface area contributed by atoms with Gasteiger partial charge in [-0.3, -0.25) is 14.5 Å². The number of halogens is 1. The molecule has 7 heteroatoms. The van der Waals surface area contributed by atoms with Crippen LogP contribution >= 0.6 is 0 Å². The molecule has 36 heavy (non-hydrogen) atoms. The summed E-state index contributed by atoms with van der Waals surface area (Å²) in [5, 5.41) is 15.8. The number of benzene rings is 2. The molecule has 1 aliphatic rings. The lowest BCUT2D eigenvalue weighted by Crippen LogP contribution is -2.45. The summed E-state index contributed by atoms with van der Waals surface area (Å²) in [4.78, 5) is 17.7. The van der Waals surface area contributed by atoms with Gasteiger partial charge in [0, 0.05) is 47.9 Å². The van der Waals surface area contributed by atoms with Crippen LogP contribution in [0.3, 0.4) is 0 Å². The summed E-state index contributed by atoms with van der Waals surface area (Å²) in [6.07, 6.45) is 5.06. The first kappa shape index (κ1) is 24.1. The molecule has 1 fully saturated rings. The van der Waals surface area contributed by atoms with E-state index in [1.165, 1.54) is 12.1 Å². The second-order valence-electron chi connectivity index (χ2n) is 9.88. The Bertz CT molecular complexity index is 1420. The minimum atomic E-state index is -0.809. The third-order valence-corrected chi connectivity index (χ3v) is 7.14. The molecule has 4 aromatic rings. The lowest BCUT2D eigenvalue weighted by Gasteiger charge is -2.39. The van der Waals surface area contributed by atoms with Crippen LogP contribution in [0.25, 0.3) is 22.2 Å². The molecule has 0 spiro atoms. The molecule has 1 saturated carbocycles. The number of ketones is 1. The number of aryl methyl sites for hydroxylation is 2. The van der Waals surface area contributed by atoms with Gasteiger partial charge in [0.15, 0.2) is 5.78 Å². The third-order valence-electron chi connectivity index (χ3n) is 7.14. The van der Waals surface area contributed by atoms with E-state index in [1.807, 2.05) is 49.0 Å². The second-order valence-corrected chi connectivity index (χ2v) is 9.88. The maximum absolute atomic E-state index is 13.7. The number of pyridine rings is 1. The van der Waals surface area contributed by atoms with Crippen LogP contribution in [0.15, 0.2) is 60.8 Å². The van der Waals surface area contributed by atoms with Gasteiger partial charge in [-0.1, -0.05) is 6.07 Å². The maximum atomic E-state index is 13.7. The highest BCUT2D eigenvalue weighted by molar-refractivity contribution is 6.02. The van der Waals surface area contributed by atoms with Crippen LogP contribution in [-0.2, 0) is 7.05 Å². The Morgan fingerprint density at radius 1 is 1.22 bits per heavy atom. The molecule has 2 atom stereocenters. The van der Waals surface area contributed by atoms with Gasteiger partial charge in [0.05, 0.1) is 12.1 Å². The van der Waals surface area contributed by atoms with Crippen LogP contribution in [-0.4, -0.2) is 37.9 Å². The monoisotopic (exact) mass is 487 g/mol. The van der Waals surface area contributed by atoms with Crippen molar-refractivity contribution in [1.82, 2.24) is 14.8 Å². The van der Waals surface area contributed by atoms with E-state index in [1.54, 1.807) is 18.3 Å². The molecular formula is C29H30FN3O3. The van der Waals surface area contributed by atoms with Crippen LogP contribution in [0.5, 0.6) is 5.75 Å². The van der Waals surface area contributed by atoms with Crippen molar-refractivity contribution in [3.8, 4) is 17.0 Å². The predicted molar refractivity (Wildman–Crippen MR) is 136 cm³/mol. The van der Waals surface area contributed by atoms with Gasteiger partial charge in [-0.05, 0) is 81.0 Å². The van der Waals surface area contributed by atoms with E-state index in [-0.39, 0.29) is 24.1 Å². The number of rotatable bonds is 7. The zero-order valence-electron chi connectivity index (χ0n) is 20.6. The Morgan fingerprint density at radius 3 is 2.86 bits per heavy atom. The summed E-state index contributed by atoms with van der Waals surface area (Å²) < 4.78 is 21.6. The van der Waals surface area contributed by atoms with E-state index in [0.29, 0.717) is 30.6 Å². The molecule has 1 aliphatic carbocycles. The fourth-order valence-electron chi connectivity index (χ4n) is 5.39. The average molecular weight is 488 g/mol. The number of Topliss-reactive ketones (excluding diaryl/α,β-unsaturated/α-hetero) is 1. The fraction of sp³-hybridized carbons (Fsp3) is 0.345. The number of hydrogen-bond acceptors (Lipinski definition) is 5. The largest absolute Gasteiger partial charge is 0.485 e. The number of carbonyl (C=O) groups excluding carboxylic acids is 1. The number of carbonyl (C=O) groups is 1. The number of aromatic nitrogens is 3. The van der Waals surface area contributed by atoms with Crippen molar-refractivity contribution in [1.29, 1.82) is 0 Å². The van der Waals surface area contributed by atoms with Gasteiger partial charge in [-0.2, -0.15) is 5.10 Å². The van der Waals surface area contributed by atoms with Gasteiger partial charge in [0.25, 0.3) is 0 Å². The second kappa shape index (κ2) is 9.82. The smallest absolute Gasteiger partial charge is 0.163 e. The standard InChI is InChI=1S/C29H30FN3O3/c1-19-13-22(10-12-31-19)28-25-15-21(8-9-26(25)33(2)32-28)27(35)14-20-5-4-11-29(17-20,18-34)36-24-7-3-6-23(30)16-24/h3,6-10,12-13,15-16,20,34H,4-5,11,14,17-18H2,1-2H3. The van der Waals surface area contributed by atoms with Crippen LogP contribution in [0.1, 0.15) is 48.2 Å². The van der Waals surface area contributed by atoms with Crippen LogP contribution in [0.2, 0.25) is 0 Å². The Labute approximate surface area is 209 Å². The quantitative estimate of drug-likeness (QED) is 0.341. The first-order chi connectivity index (χ1) is 17.4. The number of aliphatic hydroxyl groups excluding tert-OH is 1. The third kappa shape index (κ3) is 4.88. The number of aliphatic hydroxyl groups is 1. The summed E-state index contributed by atoms with van der Waals surface area (Å²) in [6.45, 7) is 1.77. The van der Waals surface area contributed by atoms with Gasteiger partial charge in [-0.15, -0.1) is 0 Å². The van der Waals surface area contributed by atoms with Crippen LogP contribution in [0, 0.1) is 18.7 Å². The van der Waals surface area contributed by atoms with Crippen molar-refractivity contribution in [2.24, 2.45) is 13.0 Å². The van der Waals surface area contributed by atoms with E-state index in [2.05, 4.69) is 4.98 Å². The van der Waals surface area contributed by atoms with Crippen LogP contribution < -0.4 is 4.74 Å². The number of ether oxygens (including phenoxy) is 1. The summed E-state index contributed by atoms with van der Waals surface area (Å²) in [5.41, 5.74) is 3.49. The molecule has 0 radical (unpaired) electrons. The molecule has 2 aromatic heterocycles. The van der Waals surface area contributed by atoms with E-state index < -0.39 is 5.60 Å². The fourth-order valence-corrected chi connectivity index (χ4v) is 5.39. The minimum Gasteiger partial charge on any atom is -0.485 e. The minimum absolute atomic E-state index is 0.0575. The molecular weight excluding hydrogens is 457 g/mol. The first-order valence-corrected chi connectivity index (χ1v) is 12.3. The zero-order chi connectivity index (χ0) is 25.3. The molecule has 2 aromatic carbocycles. The normalized spacial score (nSPS) is 19.9. The van der Waals surface area contributed by atoms with Crippen molar-refractivity contribution in [2.75, 3.05) is 6.61 Å². The number of nitrogens with zero attached hydrogens (tertiary/aromatic N) is 3. The van der Waals surface area contributed by atoms with Gasteiger partial charge < -0.3 is 9.84 Å². The number of hydrogen-bond donors (Lipinski definition) is 1.